The van der Waals surface area contributed by atoms with Gasteiger partial charge in [0.25, 0.3) is 0 Å². The van der Waals surface area contributed by atoms with Crippen molar-refractivity contribution in [3.63, 3.8) is 0 Å². The van der Waals surface area contributed by atoms with Gasteiger partial charge in [-0.25, -0.2) is 4.79 Å². The third-order valence-electron chi connectivity index (χ3n) is 3.58. The van der Waals surface area contributed by atoms with Gasteiger partial charge in [0.15, 0.2) is 0 Å². The highest BCUT2D eigenvalue weighted by Crippen LogP contribution is 2.23. The van der Waals surface area contributed by atoms with Crippen LogP contribution in [0.5, 0.6) is 0 Å². The van der Waals surface area contributed by atoms with Crippen LogP contribution in [0.2, 0.25) is 0 Å². The topological polar surface area (TPSA) is 52.3 Å². The lowest BCUT2D eigenvalue weighted by Gasteiger charge is -2.13. The Morgan fingerprint density at radius 1 is 1.30 bits per heavy atom. The first kappa shape index (κ1) is 16.3. The van der Waals surface area contributed by atoms with E-state index in [2.05, 4.69) is 12.2 Å². The zero-order valence-corrected chi connectivity index (χ0v) is 12.7. The Labute approximate surface area is 121 Å². The second kappa shape index (κ2) is 8.41. The number of rotatable bonds is 7. The van der Waals surface area contributed by atoms with Gasteiger partial charge in [0.05, 0.1) is 12.7 Å². The Balaban J connectivity index is 2.71. The van der Waals surface area contributed by atoms with Gasteiger partial charge in [-0.05, 0) is 62.8 Å². The molecule has 0 aliphatic rings. The maximum Gasteiger partial charge on any atom is 0.338 e. The molecule has 2 N–H and O–H groups in total. The Hall–Kier alpha value is -1.77. The Morgan fingerprint density at radius 3 is 2.70 bits per heavy atom. The lowest BCUT2D eigenvalue weighted by Crippen LogP contribution is -2.09. The first-order valence-corrected chi connectivity index (χ1v) is 7.19. The summed E-state index contributed by atoms with van der Waals surface area (Å²) < 4.78 is 4.84. The molecule has 0 fully saturated rings. The summed E-state index contributed by atoms with van der Waals surface area (Å²) in [6.07, 6.45) is 9.65. The lowest BCUT2D eigenvalue weighted by atomic mass is 9.95. The normalized spacial score (nSPS) is 10.9. The van der Waals surface area contributed by atoms with Crippen molar-refractivity contribution in [2.75, 3.05) is 12.8 Å². The standard InChI is InChI=1S/C17H25NO2/c1-4-5-6-7-8-9-10-14-13(2)16(18)12-11-15(14)17(19)20-3/h4-5,11-12H,6-10,18H2,1-3H3. The molecule has 0 aliphatic heterocycles. The molecule has 20 heavy (non-hydrogen) atoms. The van der Waals surface area contributed by atoms with E-state index in [0.29, 0.717) is 5.56 Å². The van der Waals surface area contributed by atoms with Crippen molar-refractivity contribution in [1.29, 1.82) is 0 Å². The summed E-state index contributed by atoms with van der Waals surface area (Å²) in [5.41, 5.74) is 9.36. The summed E-state index contributed by atoms with van der Waals surface area (Å²) in [5.74, 6) is -0.281. The van der Waals surface area contributed by atoms with E-state index in [1.807, 2.05) is 13.8 Å². The third kappa shape index (κ3) is 4.41. The van der Waals surface area contributed by atoms with Gasteiger partial charge in [0.2, 0.25) is 0 Å². The Bertz CT molecular complexity index is 478. The van der Waals surface area contributed by atoms with E-state index >= 15 is 0 Å². The van der Waals surface area contributed by atoms with Crippen LogP contribution in [0.25, 0.3) is 0 Å². The molecule has 0 aliphatic carbocycles. The van der Waals surface area contributed by atoms with Gasteiger partial charge in [-0.3, -0.25) is 0 Å². The van der Waals surface area contributed by atoms with Crippen LogP contribution < -0.4 is 5.73 Å². The molecule has 0 aromatic heterocycles. The second-order valence-corrected chi connectivity index (χ2v) is 4.97. The predicted octanol–water partition coefficient (Wildman–Crippen LogP) is 4.04. The van der Waals surface area contributed by atoms with Crippen LogP contribution in [0, 0.1) is 6.92 Å². The highest BCUT2D eigenvalue weighted by Gasteiger charge is 2.14. The maximum absolute atomic E-state index is 11.8. The number of unbranched alkanes of at least 4 members (excludes halogenated alkanes) is 3. The molecule has 1 rings (SSSR count). The van der Waals surface area contributed by atoms with Crippen LogP contribution >= 0.6 is 0 Å². The zero-order chi connectivity index (χ0) is 15.0. The minimum Gasteiger partial charge on any atom is -0.465 e. The number of benzene rings is 1. The summed E-state index contributed by atoms with van der Waals surface area (Å²) in [6, 6.07) is 3.54. The minimum atomic E-state index is -0.281. The molecule has 0 amide bonds. The molecule has 0 unspecified atom stereocenters. The fourth-order valence-corrected chi connectivity index (χ4v) is 2.31. The molecule has 1 aromatic carbocycles. The number of esters is 1. The van der Waals surface area contributed by atoms with Crippen molar-refractivity contribution in [3.05, 3.63) is 41.0 Å². The predicted molar refractivity (Wildman–Crippen MR) is 83.9 cm³/mol. The van der Waals surface area contributed by atoms with E-state index in [1.54, 1.807) is 12.1 Å². The van der Waals surface area contributed by atoms with E-state index in [-0.39, 0.29) is 5.97 Å². The zero-order valence-electron chi connectivity index (χ0n) is 12.7. The van der Waals surface area contributed by atoms with Crippen molar-refractivity contribution in [3.8, 4) is 0 Å². The molecule has 110 valence electrons. The van der Waals surface area contributed by atoms with E-state index in [0.717, 1.165) is 42.5 Å². The van der Waals surface area contributed by atoms with Gasteiger partial charge in [0.1, 0.15) is 0 Å². The van der Waals surface area contributed by atoms with Crippen molar-refractivity contribution in [2.24, 2.45) is 0 Å². The molecule has 0 saturated heterocycles. The van der Waals surface area contributed by atoms with Crippen LogP contribution in [0.3, 0.4) is 0 Å². The van der Waals surface area contributed by atoms with Gasteiger partial charge in [-0.2, -0.15) is 0 Å². The molecular formula is C17H25NO2. The number of methoxy groups -OCH3 is 1. The molecule has 0 heterocycles. The first-order valence-electron chi connectivity index (χ1n) is 7.19. The van der Waals surface area contributed by atoms with Crippen molar-refractivity contribution in [2.45, 2.75) is 46.0 Å². The molecule has 1 aromatic rings. The smallest absolute Gasteiger partial charge is 0.338 e. The largest absolute Gasteiger partial charge is 0.465 e. The lowest BCUT2D eigenvalue weighted by molar-refractivity contribution is 0.0599. The summed E-state index contributed by atoms with van der Waals surface area (Å²) >= 11 is 0. The number of ether oxygens (including phenoxy) is 1. The summed E-state index contributed by atoms with van der Waals surface area (Å²) in [4.78, 5) is 11.8. The maximum atomic E-state index is 11.8. The molecule has 3 heteroatoms. The SMILES string of the molecule is CC=CCCCCCc1c(C(=O)OC)ccc(N)c1C. The van der Waals surface area contributed by atoms with Gasteiger partial charge in [-0.1, -0.05) is 18.6 Å². The van der Waals surface area contributed by atoms with Crippen molar-refractivity contribution in [1.82, 2.24) is 0 Å². The van der Waals surface area contributed by atoms with E-state index in [1.165, 1.54) is 13.5 Å². The molecule has 0 bridgehead atoms. The number of allylic oxidation sites excluding steroid dienone is 2. The minimum absolute atomic E-state index is 0.281. The van der Waals surface area contributed by atoms with Crippen LogP contribution in [0.1, 0.15) is 54.1 Å². The number of nitrogen functional groups attached to an aromatic ring is 1. The van der Waals surface area contributed by atoms with Crippen LogP contribution in [-0.2, 0) is 11.2 Å². The quantitative estimate of drug-likeness (QED) is 0.353. The molecule has 0 saturated carbocycles. The number of hydrogen-bond acceptors (Lipinski definition) is 3. The van der Waals surface area contributed by atoms with E-state index in [9.17, 15) is 4.79 Å². The number of nitrogens with two attached hydrogens (primary N) is 1. The Kier molecular flexibility index (Phi) is 6.85. The first-order chi connectivity index (χ1) is 9.61. The van der Waals surface area contributed by atoms with Gasteiger partial charge < -0.3 is 10.5 Å². The monoisotopic (exact) mass is 275 g/mol. The third-order valence-corrected chi connectivity index (χ3v) is 3.58. The molecule has 0 spiro atoms. The number of anilines is 1. The van der Waals surface area contributed by atoms with Gasteiger partial charge >= 0.3 is 5.97 Å². The fourth-order valence-electron chi connectivity index (χ4n) is 2.31. The molecule has 0 radical (unpaired) electrons. The average molecular weight is 275 g/mol. The van der Waals surface area contributed by atoms with Crippen molar-refractivity contribution >= 4 is 11.7 Å². The number of carbonyl (C=O) groups is 1. The average Bonchev–Trinajstić information content (AvgIpc) is 2.46. The number of carbonyl (C=O) groups excluding carboxylic acids is 1. The Morgan fingerprint density at radius 2 is 2.05 bits per heavy atom. The van der Waals surface area contributed by atoms with E-state index in [4.69, 9.17) is 10.5 Å². The highest BCUT2D eigenvalue weighted by atomic mass is 16.5. The van der Waals surface area contributed by atoms with E-state index < -0.39 is 0 Å². The van der Waals surface area contributed by atoms with Crippen LogP contribution in [-0.4, -0.2) is 13.1 Å². The summed E-state index contributed by atoms with van der Waals surface area (Å²) in [7, 11) is 1.41. The van der Waals surface area contributed by atoms with Crippen molar-refractivity contribution < 1.29 is 9.53 Å². The summed E-state index contributed by atoms with van der Waals surface area (Å²) in [5, 5.41) is 0. The van der Waals surface area contributed by atoms with Gasteiger partial charge in [0, 0.05) is 5.69 Å². The highest BCUT2D eigenvalue weighted by molar-refractivity contribution is 5.92. The molecule has 3 nitrogen and oxygen atoms in total. The fraction of sp³-hybridized carbons (Fsp3) is 0.471. The molecular weight excluding hydrogens is 250 g/mol. The van der Waals surface area contributed by atoms with Crippen LogP contribution in [0.15, 0.2) is 24.3 Å². The second-order valence-electron chi connectivity index (χ2n) is 4.97. The van der Waals surface area contributed by atoms with Gasteiger partial charge in [-0.15, -0.1) is 0 Å². The summed E-state index contributed by atoms with van der Waals surface area (Å²) in [6.45, 7) is 4.01. The van der Waals surface area contributed by atoms with Crippen LogP contribution in [0.4, 0.5) is 5.69 Å². The number of hydrogen-bond donors (Lipinski definition) is 1. The molecule has 0 atom stereocenters.